The Hall–Kier alpha value is -0.790. The maximum atomic E-state index is 10.8. The predicted molar refractivity (Wildman–Crippen MR) is 86.9 cm³/mol. The number of carbonyl (C=O) groups is 1. The van der Waals surface area contributed by atoms with Gasteiger partial charge in [-0.05, 0) is 12.8 Å². The number of methoxy groups -OCH3 is 1. The molecular weight excluding hydrogens is 248 g/mol. The lowest BCUT2D eigenvalue weighted by Gasteiger charge is -2.02. The number of hydrogen-bond donors (Lipinski definition) is 0. The molecule has 118 valence electrons. The van der Waals surface area contributed by atoms with Crippen LogP contribution in [0.3, 0.4) is 0 Å². The lowest BCUT2D eigenvalue weighted by Crippen LogP contribution is -1.93. The van der Waals surface area contributed by atoms with Crippen molar-refractivity contribution in [2.45, 2.75) is 90.4 Å². The molecule has 2 nitrogen and oxygen atoms in total. The molecule has 0 aliphatic heterocycles. The van der Waals surface area contributed by atoms with Gasteiger partial charge in [-0.3, -0.25) is 0 Å². The first-order chi connectivity index (χ1) is 9.81. The van der Waals surface area contributed by atoms with E-state index in [2.05, 4.69) is 11.7 Å². The molecule has 0 N–H and O–H groups in total. The van der Waals surface area contributed by atoms with E-state index in [0.29, 0.717) is 0 Å². The van der Waals surface area contributed by atoms with Crippen LogP contribution in [0.4, 0.5) is 0 Å². The normalized spacial score (nSPS) is 11.1. The minimum absolute atomic E-state index is 0.246. The van der Waals surface area contributed by atoms with E-state index in [4.69, 9.17) is 0 Å². The lowest BCUT2D eigenvalue weighted by molar-refractivity contribution is -0.134. The highest BCUT2D eigenvalue weighted by atomic mass is 16.5. The molecule has 20 heavy (non-hydrogen) atoms. The summed E-state index contributed by atoms with van der Waals surface area (Å²) in [5.41, 5.74) is 0. The Morgan fingerprint density at radius 2 is 1.25 bits per heavy atom. The number of carbonyl (C=O) groups excluding carboxylic acids is 1. The van der Waals surface area contributed by atoms with Crippen molar-refractivity contribution < 1.29 is 9.53 Å². The molecule has 0 radical (unpaired) electrons. The predicted octanol–water partition coefficient (Wildman–Crippen LogP) is 5.81. The van der Waals surface area contributed by atoms with Gasteiger partial charge in [-0.15, -0.1) is 0 Å². The Balaban J connectivity index is 3.06. The summed E-state index contributed by atoms with van der Waals surface area (Å²) in [7, 11) is 1.41. The van der Waals surface area contributed by atoms with E-state index in [1.54, 1.807) is 0 Å². The van der Waals surface area contributed by atoms with Crippen LogP contribution in [-0.2, 0) is 9.53 Å². The van der Waals surface area contributed by atoms with Crippen molar-refractivity contribution in [2.75, 3.05) is 7.11 Å². The second-order valence-electron chi connectivity index (χ2n) is 5.60. The summed E-state index contributed by atoms with van der Waals surface area (Å²) in [5.74, 6) is -0.246. The Kier molecular flexibility index (Phi) is 15.6. The molecule has 0 heterocycles. The van der Waals surface area contributed by atoms with Gasteiger partial charge < -0.3 is 4.74 Å². The summed E-state index contributed by atoms with van der Waals surface area (Å²) in [6, 6.07) is 0. The van der Waals surface area contributed by atoms with Crippen LogP contribution in [0.25, 0.3) is 0 Å². The van der Waals surface area contributed by atoms with Crippen LogP contribution in [0.5, 0.6) is 0 Å². The molecule has 0 rings (SSSR count). The van der Waals surface area contributed by atoms with Crippen LogP contribution in [0.15, 0.2) is 12.2 Å². The third-order valence-corrected chi connectivity index (χ3v) is 3.68. The van der Waals surface area contributed by atoms with Crippen molar-refractivity contribution in [3.63, 3.8) is 0 Å². The van der Waals surface area contributed by atoms with Crippen LogP contribution >= 0.6 is 0 Å². The molecule has 2 heteroatoms. The van der Waals surface area contributed by atoms with Gasteiger partial charge >= 0.3 is 5.97 Å². The van der Waals surface area contributed by atoms with E-state index in [1.807, 2.05) is 6.08 Å². The highest BCUT2D eigenvalue weighted by molar-refractivity contribution is 5.81. The molecule has 0 atom stereocenters. The SMILES string of the molecule is CCCCCCCCCCCCCCC=CC(=O)OC. The smallest absolute Gasteiger partial charge is 0.330 e. The molecule has 0 spiro atoms. The fourth-order valence-electron chi connectivity index (χ4n) is 2.35. The molecule has 0 aromatic heterocycles. The van der Waals surface area contributed by atoms with Crippen LogP contribution < -0.4 is 0 Å². The highest BCUT2D eigenvalue weighted by Crippen LogP contribution is 2.12. The second-order valence-corrected chi connectivity index (χ2v) is 5.60. The van der Waals surface area contributed by atoms with Crippen LogP contribution in [0.2, 0.25) is 0 Å². The standard InChI is InChI=1S/C18H34O2/c1-3-4-5-6-7-8-9-10-11-12-13-14-15-16-17-18(19)20-2/h16-17H,3-15H2,1-2H3. The van der Waals surface area contributed by atoms with Crippen molar-refractivity contribution >= 4 is 5.97 Å². The summed E-state index contributed by atoms with van der Waals surface area (Å²) in [6.45, 7) is 2.27. The van der Waals surface area contributed by atoms with Crippen molar-refractivity contribution in [3.05, 3.63) is 12.2 Å². The zero-order chi connectivity index (χ0) is 14.9. The van der Waals surface area contributed by atoms with E-state index in [-0.39, 0.29) is 5.97 Å². The van der Waals surface area contributed by atoms with Gasteiger partial charge in [-0.1, -0.05) is 83.6 Å². The maximum absolute atomic E-state index is 10.8. The van der Waals surface area contributed by atoms with Gasteiger partial charge in [-0.25, -0.2) is 4.79 Å². The average Bonchev–Trinajstić information content (AvgIpc) is 2.47. The Labute approximate surface area is 126 Å². The molecule has 0 unspecified atom stereocenters. The zero-order valence-corrected chi connectivity index (χ0v) is 13.7. The number of allylic oxidation sites excluding steroid dienone is 1. The van der Waals surface area contributed by atoms with Gasteiger partial charge in [0.1, 0.15) is 0 Å². The molecule has 0 saturated heterocycles. The molecular formula is C18H34O2. The monoisotopic (exact) mass is 282 g/mol. The van der Waals surface area contributed by atoms with Crippen molar-refractivity contribution in [2.24, 2.45) is 0 Å². The summed E-state index contributed by atoms with van der Waals surface area (Å²) >= 11 is 0. The largest absolute Gasteiger partial charge is 0.466 e. The maximum Gasteiger partial charge on any atom is 0.330 e. The molecule has 0 aromatic carbocycles. The summed E-state index contributed by atoms with van der Waals surface area (Å²) in [5, 5.41) is 0. The van der Waals surface area contributed by atoms with Crippen LogP contribution in [0, 0.1) is 0 Å². The van der Waals surface area contributed by atoms with Crippen molar-refractivity contribution in [1.82, 2.24) is 0 Å². The van der Waals surface area contributed by atoms with Crippen molar-refractivity contribution in [1.29, 1.82) is 0 Å². The highest BCUT2D eigenvalue weighted by Gasteiger charge is 1.93. The number of ether oxygens (including phenoxy) is 1. The summed E-state index contributed by atoms with van der Waals surface area (Å²) in [6.07, 6.45) is 20.9. The molecule has 0 saturated carbocycles. The first-order valence-electron chi connectivity index (χ1n) is 8.55. The van der Waals surface area contributed by atoms with E-state index in [0.717, 1.165) is 6.42 Å². The van der Waals surface area contributed by atoms with E-state index < -0.39 is 0 Å². The Morgan fingerprint density at radius 3 is 1.70 bits per heavy atom. The average molecular weight is 282 g/mol. The first-order valence-corrected chi connectivity index (χ1v) is 8.55. The third kappa shape index (κ3) is 15.3. The fourth-order valence-corrected chi connectivity index (χ4v) is 2.35. The van der Waals surface area contributed by atoms with E-state index >= 15 is 0 Å². The number of unbranched alkanes of at least 4 members (excludes halogenated alkanes) is 12. The minimum Gasteiger partial charge on any atom is -0.466 e. The van der Waals surface area contributed by atoms with Gasteiger partial charge in [0.2, 0.25) is 0 Å². The quantitative estimate of drug-likeness (QED) is 0.228. The lowest BCUT2D eigenvalue weighted by atomic mass is 10.0. The van der Waals surface area contributed by atoms with Gasteiger partial charge in [0.15, 0.2) is 0 Å². The number of hydrogen-bond acceptors (Lipinski definition) is 2. The summed E-state index contributed by atoms with van der Waals surface area (Å²) < 4.78 is 4.54. The van der Waals surface area contributed by atoms with Gasteiger partial charge in [0, 0.05) is 6.08 Å². The van der Waals surface area contributed by atoms with Crippen LogP contribution in [-0.4, -0.2) is 13.1 Å². The number of esters is 1. The molecule has 0 fully saturated rings. The molecule has 0 aliphatic carbocycles. The second kappa shape index (κ2) is 16.3. The van der Waals surface area contributed by atoms with Gasteiger partial charge in [0.05, 0.1) is 7.11 Å². The fraction of sp³-hybridized carbons (Fsp3) is 0.833. The minimum atomic E-state index is -0.246. The topological polar surface area (TPSA) is 26.3 Å². The number of rotatable bonds is 14. The Bertz CT molecular complexity index is 234. The van der Waals surface area contributed by atoms with E-state index in [9.17, 15) is 4.79 Å². The van der Waals surface area contributed by atoms with E-state index in [1.165, 1.54) is 90.2 Å². The molecule has 0 aliphatic rings. The molecule has 0 amide bonds. The third-order valence-electron chi connectivity index (χ3n) is 3.68. The van der Waals surface area contributed by atoms with Gasteiger partial charge in [0.25, 0.3) is 0 Å². The summed E-state index contributed by atoms with van der Waals surface area (Å²) in [4.78, 5) is 10.8. The molecule has 0 bridgehead atoms. The zero-order valence-electron chi connectivity index (χ0n) is 13.7. The Morgan fingerprint density at radius 1 is 0.800 bits per heavy atom. The first kappa shape index (κ1) is 19.2. The van der Waals surface area contributed by atoms with Gasteiger partial charge in [-0.2, -0.15) is 0 Å². The van der Waals surface area contributed by atoms with Crippen LogP contribution in [0.1, 0.15) is 90.4 Å². The molecule has 0 aromatic rings. The van der Waals surface area contributed by atoms with Crippen molar-refractivity contribution in [3.8, 4) is 0 Å².